The molecule has 6 N–H and O–H groups in total. The summed E-state index contributed by atoms with van der Waals surface area (Å²) in [5.74, 6) is -4.45. The van der Waals surface area contributed by atoms with Crippen LogP contribution in [0.4, 0.5) is 0 Å². The first-order valence-corrected chi connectivity index (χ1v) is 22.1. The molecule has 2 aromatic heterocycles. The minimum Gasteiger partial charge on any atom is -0.382 e. The van der Waals surface area contributed by atoms with Crippen molar-refractivity contribution in [1.29, 1.82) is 0 Å². The molecule has 4 rings (SSSR count). The van der Waals surface area contributed by atoms with Crippen molar-refractivity contribution < 1.29 is 66.3 Å². The highest BCUT2D eigenvalue weighted by molar-refractivity contribution is 6.01. The lowest BCUT2D eigenvalue weighted by molar-refractivity contribution is -0.134. The van der Waals surface area contributed by atoms with Gasteiger partial charge in [0.25, 0.3) is 11.8 Å². The Morgan fingerprint density at radius 2 is 1.14 bits per heavy atom. The van der Waals surface area contributed by atoms with Gasteiger partial charge in [-0.3, -0.25) is 38.4 Å². The summed E-state index contributed by atoms with van der Waals surface area (Å²) in [6, 6.07) is -3.69. The molecule has 2 aliphatic heterocycles. The average Bonchev–Trinajstić information content (AvgIpc) is 4.10. The minimum absolute atomic E-state index is 0.0194. The molecule has 366 valence electrons. The fourth-order valence-electron chi connectivity index (χ4n) is 7.06. The lowest BCUT2D eigenvalue weighted by atomic mass is 9.89. The zero-order valence-electron chi connectivity index (χ0n) is 39.6. The molecule has 2 fully saturated rings. The normalized spacial score (nSPS) is 20.3. The quantitative estimate of drug-likeness (QED) is 0.0633. The maximum atomic E-state index is 14.1. The predicted molar refractivity (Wildman–Crippen MR) is 233 cm³/mol. The number of carbonyl (C=O) groups excluding carboxylic acids is 8. The molecule has 8 atom stereocenters. The molecule has 0 spiro atoms. The van der Waals surface area contributed by atoms with E-state index in [0.717, 1.165) is 0 Å². The Kier molecular flexibility index (Phi) is 18.7. The van der Waals surface area contributed by atoms with E-state index in [1.165, 1.54) is 33.3 Å². The van der Waals surface area contributed by atoms with Crippen LogP contribution in [0.25, 0.3) is 0 Å². The van der Waals surface area contributed by atoms with E-state index in [-0.39, 0.29) is 80.5 Å². The number of aryl methyl sites for hydroxylation is 2. The van der Waals surface area contributed by atoms with Crippen LogP contribution >= 0.6 is 0 Å². The fraction of sp³-hybridized carbons (Fsp3) is 0.682. The van der Waals surface area contributed by atoms with Crippen LogP contribution in [0, 0.1) is 24.7 Å². The van der Waals surface area contributed by atoms with Gasteiger partial charge in [-0.2, -0.15) is 0 Å². The van der Waals surface area contributed by atoms with Crippen molar-refractivity contribution in [3.8, 4) is 0 Å². The maximum absolute atomic E-state index is 14.1. The first-order valence-electron chi connectivity index (χ1n) is 22.1. The number of amides is 6. The SMILES string of the molecule is COCC(NC(=O)c1cc(CCC2(C(=O)C(CC(C)C)NC(=O)C(COC)NC(=O)C(C)NC(=O)c3cc(C)on3)CO2)on1)C(=O)NC(C(=O)NC(CC(C)C)C(=O)C1(C)CO1)C(C)C. The highest BCUT2D eigenvalue weighted by atomic mass is 16.6. The van der Waals surface area contributed by atoms with Gasteiger partial charge in [0.05, 0.1) is 38.5 Å². The topological polar surface area (TPSA) is 304 Å². The lowest BCUT2D eigenvalue weighted by Gasteiger charge is -2.28. The van der Waals surface area contributed by atoms with Gasteiger partial charge in [0.1, 0.15) is 41.3 Å². The molecule has 22 nitrogen and oxygen atoms in total. The first-order chi connectivity index (χ1) is 31.0. The minimum atomic E-state index is -1.28. The summed E-state index contributed by atoms with van der Waals surface area (Å²) in [7, 11) is 2.68. The number of methoxy groups -OCH3 is 2. The monoisotopic (exact) mass is 930 g/mol. The fourth-order valence-corrected chi connectivity index (χ4v) is 7.06. The number of carbonyl (C=O) groups is 8. The van der Waals surface area contributed by atoms with Crippen LogP contribution in [0.15, 0.2) is 21.2 Å². The standard InChI is InChI=1S/C44H66N8O14/c1-22(2)14-28(35(53)43(9)20-63-43)47-42(60)34(24(5)6)50-41(59)33(19-62-11)49-39(57)31-17-27(66-52-31)12-13-44(21-64-44)36(54)29(15-23(3)4)46-40(58)32(18-61-10)48-37(55)26(8)45-38(56)30-16-25(7)65-51-30/h16-17,22-24,26,28-29,32-34H,12-15,18-21H2,1-11H3,(H,45,56)(H,46,58)(H,47,60)(H,48,55)(H,49,57)(H,50,59). The van der Waals surface area contributed by atoms with Gasteiger partial charge in [-0.15, -0.1) is 0 Å². The number of Topliss-reactive ketones (excluding diaryl/α,β-unsaturated/α-hetero) is 2. The molecular weight excluding hydrogens is 865 g/mol. The summed E-state index contributed by atoms with van der Waals surface area (Å²) in [5, 5.41) is 23.4. The molecule has 0 saturated carbocycles. The van der Waals surface area contributed by atoms with Crippen LogP contribution < -0.4 is 31.9 Å². The number of epoxide rings is 2. The number of nitrogens with one attached hydrogen (secondary N) is 6. The molecule has 6 amide bonds. The average molecular weight is 931 g/mol. The van der Waals surface area contributed by atoms with Gasteiger partial charge in [-0.05, 0) is 57.8 Å². The Bertz CT molecular complexity index is 2060. The molecule has 0 bridgehead atoms. The van der Waals surface area contributed by atoms with Gasteiger partial charge >= 0.3 is 0 Å². The summed E-state index contributed by atoms with van der Waals surface area (Å²) in [6.07, 6.45) is 0.829. The molecule has 2 aliphatic rings. The largest absolute Gasteiger partial charge is 0.382 e. The number of rotatable bonds is 28. The number of ether oxygens (including phenoxy) is 4. The number of nitrogens with zero attached hydrogens (tertiary/aromatic N) is 2. The van der Waals surface area contributed by atoms with Crippen molar-refractivity contribution in [1.82, 2.24) is 42.2 Å². The van der Waals surface area contributed by atoms with Gasteiger partial charge in [-0.25, -0.2) is 0 Å². The van der Waals surface area contributed by atoms with E-state index in [2.05, 4.69) is 42.2 Å². The number of ketones is 2. The first kappa shape index (κ1) is 53.0. The Morgan fingerprint density at radius 1 is 0.636 bits per heavy atom. The summed E-state index contributed by atoms with van der Waals surface area (Å²) in [5.41, 5.74) is -2.43. The van der Waals surface area contributed by atoms with Crippen LogP contribution in [-0.2, 0) is 54.1 Å². The van der Waals surface area contributed by atoms with E-state index in [1.807, 2.05) is 27.7 Å². The van der Waals surface area contributed by atoms with E-state index in [1.54, 1.807) is 27.7 Å². The highest BCUT2D eigenvalue weighted by Gasteiger charge is 2.54. The van der Waals surface area contributed by atoms with E-state index in [4.69, 9.17) is 28.0 Å². The van der Waals surface area contributed by atoms with Crippen LogP contribution in [-0.4, -0.2) is 145 Å². The molecule has 0 radical (unpaired) electrons. The van der Waals surface area contributed by atoms with E-state index < -0.39 is 94.6 Å². The van der Waals surface area contributed by atoms with Gasteiger partial charge in [0.2, 0.25) is 23.6 Å². The second-order valence-corrected chi connectivity index (χ2v) is 18.3. The lowest BCUT2D eigenvalue weighted by Crippen LogP contribution is -2.59. The third-order valence-electron chi connectivity index (χ3n) is 11.1. The van der Waals surface area contributed by atoms with Gasteiger partial charge in [0, 0.05) is 32.8 Å². The van der Waals surface area contributed by atoms with Crippen LogP contribution in [0.1, 0.15) is 107 Å². The van der Waals surface area contributed by atoms with Crippen molar-refractivity contribution in [2.24, 2.45) is 17.8 Å². The molecule has 0 aliphatic carbocycles. The second kappa shape index (κ2) is 23.2. The summed E-state index contributed by atoms with van der Waals surface area (Å²) >= 11 is 0. The zero-order valence-corrected chi connectivity index (χ0v) is 39.6. The Balaban J connectivity index is 1.35. The molecule has 4 heterocycles. The maximum Gasteiger partial charge on any atom is 0.274 e. The van der Waals surface area contributed by atoms with E-state index in [0.29, 0.717) is 12.2 Å². The Morgan fingerprint density at radius 3 is 1.65 bits per heavy atom. The summed E-state index contributed by atoms with van der Waals surface area (Å²) in [6.45, 7) is 15.6. The molecule has 22 heteroatoms. The number of aromatic nitrogens is 2. The Hall–Kier alpha value is -5.58. The molecule has 0 aromatic carbocycles. The van der Waals surface area contributed by atoms with Gasteiger partial charge in [-0.1, -0.05) is 51.9 Å². The van der Waals surface area contributed by atoms with E-state index in [9.17, 15) is 38.4 Å². The molecule has 66 heavy (non-hydrogen) atoms. The van der Waals surface area contributed by atoms with Crippen LogP contribution in [0.2, 0.25) is 0 Å². The number of hydrogen-bond acceptors (Lipinski definition) is 16. The second-order valence-electron chi connectivity index (χ2n) is 18.3. The zero-order chi connectivity index (χ0) is 49.1. The summed E-state index contributed by atoms with van der Waals surface area (Å²) in [4.78, 5) is 107. The molecular formula is C44H66N8O14. The molecule has 2 aromatic rings. The van der Waals surface area contributed by atoms with Gasteiger partial charge in [0.15, 0.2) is 28.6 Å². The Labute approximate surface area is 383 Å². The highest BCUT2D eigenvalue weighted by Crippen LogP contribution is 2.36. The smallest absolute Gasteiger partial charge is 0.274 e. The van der Waals surface area contributed by atoms with Crippen molar-refractivity contribution in [3.63, 3.8) is 0 Å². The third-order valence-corrected chi connectivity index (χ3v) is 11.1. The van der Waals surface area contributed by atoms with Crippen molar-refractivity contribution in [3.05, 3.63) is 35.0 Å². The van der Waals surface area contributed by atoms with E-state index >= 15 is 0 Å². The van der Waals surface area contributed by atoms with Crippen LogP contribution in [0.3, 0.4) is 0 Å². The molecule has 8 unspecified atom stereocenters. The van der Waals surface area contributed by atoms with Crippen molar-refractivity contribution in [2.75, 3.05) is 40.6 Å². The van der Waals surface area contributed by atoms with Crippen molar-refractivity contribution in [2.45, 2.75) is 135 Å². The van der Waals surface area contributed by atoms with Gasteiger partial charge < -0.3 is 59.9 Å². The number of hydrogen-bond donors (Lipinski definition) is 6. The third kappa shape index (κ3) is 14.7. The van der Waals surface area contributed by atoms with Crippen molar-refractivity contribution >= 4 is 47.0 Å². The molecule has 2 saturated heterocycles. The summed E-state index contributed by atoms with van der Waals surface area (Å²) < 4.78 is 31.8. The predicted octanol–water partition coefficient (Wildman–Crippen LogP) is 0.497. The van der Waals surface area contributed by atoms with Crippen LogP contribution in [0.5, 0.6) is 0 Å².